The van der Waals surface area contributed by atoms with Crippen LogP contribution in [0.5, 0.6) is 5.88 Å². The van der Waals surface area contributed by atoms with Crippen LogP contribution in [0.3, 0.4) is 0 Å². The third kappa shape index (κ3) is 6.16. The number of ether oxygens (including phenoxy) is 1. The van der Waals surface area contributed by atoms with Gasteiger partial charge in [0.25, 0.3) is 5.91 Å². The summed E-state index contributed by atoms with van der Waals surface area (Å²) in [6.45, 7) is 1.88. The summed E-state index contributed by atoms with van der Waals surface area (Å²) in [6.07, 6.45) is 2.04. The van der Waals surface area contributed by atoms with Gasteiger partial charge in [-0.05, 0) is 68.7 Å². The number of nitrogens with one attached hydrogen (secondary N) is 1. The molecule has 0 radical (unpaired) electrons. The molecule has 5 aromatic rings. The molecule has 47 heavy (non-hydrogen) atoms. The van der Waals surface area contributed by atoms with Crippen molar-refractivity contribution in [1.82, 2.24) is 19.9 Å². The summed E-state index contributed by atoms with van der Waals surface area (Å²) in [4.78, 5) is 17.8. The molecule has 1 amide bonds. The topological polar surface area (TPSA) is 109 Å². The van der Waals surface area contributed by atoms with Crippen molar-refractivity contribution >= 4 is 23.0 Å². The Morgan fingerprint density at radius 1 is 1.04 bits per heavy atom. The molecule has 2 aromatic carbocycles. The van der Waals surface area contributed by atoms with Gasteiger partial charge in [-0.1, -0.05) is 23.7 Å². The van der Waals surface area contributed by atoms with E-state index >= 15 is 8.78 Å². The fourth-order valence-corrected chi connectivity index (χ4v) is 5.57. The number of fused-ring (bicyclic) bond motifs is 1. The Kier molecular flexibility index (Phi) is 8.23. The van der Waals surface area contributed by atoms with Gasteiger partial charge in [0, 0.05) is 34.7 Å². The molecule has 1 fully saturated rings. The Morgan fingerprint density at radius 3 is 2.45 bits per heavy atom. The summed E-state index contributed by atoms with van der Waals surface area (Å²) in [7, 11) is 1.44. The maximum atomic E-state index is 15.9. The van der Waals surface area contributed by atoms with Crippen LogP contribution in [0.1, 0.15) is 65.5 Å². The number of nitrogens with zero attached hydrogens (tertiary/aromatic N) is 3. The number of benzene rings is 2. The van der Waals surface area contributed by atoms with E-state index in [1.165, 1.54) is 39.2 Å². The SMILES string of the molecule is COc1cc(C(=O)NC[C@@](O)(c2cccc(F)c2)c2cc(C(C)(C)O)c(F)c(-c3cc(Cl)c(F)cc3F)n2)cc2cc(C3CC3)nn12. The van der Waals surface area contributed by atoms with Gasteiger partial charge >= 0.3 is 0 Å². The smallest absolute Gasteiger partial charge is 0.251 e. The number of carbonyl (C=O) groups is 1. The zero-order valence-electron chi connectivity index (χ0n) is 25.4. The van der Waals surface area contributed by atoms with E-state index in [0.29, 0.717) is 23.4 Å². The lowest BCUT2D eigenvalue weighted by Gasteiger charge is -2.31. The van der Waals surface area contributed by atoms with Crippen LogP contribution >= 0.6 is 11.6 Å². The fraction of sp³-hybridized carbons (Fsp3) is 0.265. The highest BCUT2D eigenvalue weighted by Crippen LogP contribution is 2.40. The summed E-state index contributed by atoms with van der Waals surface area (Å²) in [5.41, 5.74) is -4.79. The number of aromatic nitrogens is 3. The van der Waals surface area contributed by atoms with Crippen LogP contribution in [0.25, 0.3) is 16.8 Å². The highest BCUT2D eigenvalue weighted by molar-refractivity contribution is 6.31. The quantitative estimate of drug-likeness (QED) is 0.124. The summed E-state index contributed by atoms with van der Waals surface area (Å²) in [5.74, 6) is -4.24. The summed E-state index contributed by atoms with van der Waals surface area (Å²) >= 11 is 5.89. The molecule has 1 saturated carbocycles. The highest BCUT2D eigenvalue weighted by Gasteiger charge is 2.38. The molecule has 1 aliphatic rings. The van der Waals surface area contributed by atoms with E-state index in [9.17, 15) is 23.8 Å². The molecule has 244 valence electrons. The first-order valence-corrected chi connectivity index (χ1v) is 15.0. The molecule has 3 heterocycles. The van der Waals surface area contributed by atoms with Gasteiger partial charge in [-0.25, -0.2) is 27.1 Å². The van der Waals surface area contributed by atoms with Crippen LogP contribution in [0.15, 0.2) is 60.7 Å². The van der Waals surface area contributed by atoms with Crippen molar-refractivity contribution in [2.45, 2.75) is 43.8 Å². The third-order valence-electron chi connectivity index (χ3n) is 8.13. The average Bonchev–Trinajstić information content (AvgIpc) is 3.79. The number of pyridine rings is 2. The Bertz CT molecular complexity index is 2040. The first-order valence-electron chi connectivity index (χ1n) is 14.6. The molecule has 8 nitrogen and oxygen atoms in total. The lowest BCUT2D eigenvalue weighted by Crippen LogP contribution is -2.43. The fourth-order valence-electron chi connectivity index (χ4n) is 5.41. The van der Waals surface area contributed by atoms with Crippen molar-refractivity contribution in [2.75, 3.05) is 13.7 Å². The van der Waals surface area contributed by atoms with Crippen molar-refractivity contribution in [2.24, 2.45) is 0 Å². The second-order valence-electron chi connectivity index (χ2n) is 12.0. The van der Waals surface area contributed by atoms with Crippen molar-refractivity contribution < 1.29 is 37.3 Å². The van der Waals surface area contributed by atoms with E-state index in [1.54, 1.807) is 10.6 Å². The molecule has 0 aliphatic heterocycles. The monoisotopic (exact) mass is 668 g/mol. The van der Waals surface area contributed by atoms with Crippen molar-refractivity contribution in [3.05, 3.63) is 117 Å². The van der Waals surface area contributed by atoms with Gasteiger partial charge in [-0.15, -0.1) is 0 Å². The third-order valence-corrected chi connectivity index (χ3v) is 8.42. The van der Waals surface area contributed by atoms with Gasteiger partial charge in [0.05, 0.1) is 41.2 Å². The summed E-state index contributed by atoms with van der Waals surface area (Å²) < 4.78 is 66.6. The Balaban J connectivity index is 1.46. The molecule has 0 spiro atoms. The minimum atomic E-state index is -2.37. The van der Waals surface area contributed by atoms with Gasteiger partial charge in [0.15, 0.2) is 5.82 Å². The van der Waals surface area contributed by atoms with Crippen LogP contribution in [-0.2, 0) is 11.2 Å². The van der Waals surface area contributed by atoms with Crippen molar-refractivity contribution in [3.63, 3.8) is 0 Å². The van der Waals surface area contributed by atoms with Crippen LogP contribution in [0, 0.1) is 23.3 Å². The van der Waals surface area contributed by atoms with E-state index in [2.05, 4.69) is 15.4 Å². The Labute approximate surface area is 271 Å². The van der Waals surface area contributed by atoms with Crippen molar-refractivity contribution in [3.8, 4) is 17.1 Å². The number of hydrogen-bond acceptors (Lipinski definition) is 6. The first kappa shape index (κ1) is 32.4. The number of methoxy groups -OCH3 is 1. The van der Waals surface area contributed by atoms with Gasteiger partial charge in [-0.2, -0.15) is 5.10 Å². The van der Waals surface area contributed by atoms with E-state index in [4.69, 9.17) is 16.3 Å². The molecule has 13 heteroatoms. The highest BCUT2D eigenvalue weighted by atomic mass is 35.5. The summed E-state index contributed by atoms with van der Waals surface area (Å²) in [6, 6.07) is 12.1. The van der Waals surface area contributed by atoms with Crippen LogP contribution in [0.2, 0.25) is 5.02 Å². The number of carbonyl (C=O) groups excluding carboxylic acids is 1. The standard InChI is InChI=1S/C34H29ClF4N4O4/c1-33(2,45)23-14-28(41-31(30(23)39)22-13-24(35)26(38)15-25(22)37)34(46,19-5-4-6-20(36)11-19)16-40-32(44)18-9-21-12-27(17-7-8-17)42-43(21)29(10-18)47-3/h4-6,9-15,17,45-46H,7-8,16H2,1-3H3,(H,40,44)/t34-/m1/s1. The zero-order chi connectivity index (χ0) is 33.8. The second kappa shape index (κ2) is 11.9. The van der Waals surface area contributed by atoms with Gasteiger partial charge in [0.2, 0.25) is 5.88 Å². The number of aliphatic hydroxyl groups is 2. The minimum absolute atomic E-state index is 0.0972. The van der Waals surface area contributed by atoms with Gasteiger partial charge in [-0.3, -0.25) is 4.79 Å². The van der Waals surface area contributed by atoms with Gasteiger partial charge < -0.3 is 20.3 Å². The molecule has 1 aliphatic carbocycles. The summed E-state index contributed by atoms with van der Waals surface area (Å²) in [5, 5.41) is 29.8. The number of amides is 1. The number of rotatable bonds is 9. The van der Waals surface area contributed by atoms with Crippen LogP contribution in [-0.4, -0.2) is 44.4 Å². The Hall–Kier alpha value is -4.52. The molecule has 1 atom stereocenters. The molecule has 0 bridgehead atoms. The molecular weight excluding hydrogens is 640 g/mol. The molecule has 3 aromatic heterocycles. The lowest BCUT2D eigenvalue weighted by molar-refractivity contribution is 0.0623. The predicted octanol–water partition coefficient (Wildman–Crippen LogP) is 6.39. The van der Waals surface area contributed by atoms with E-state index in [-0.39, 0.29) is 16.8 Å². The maximum absolute atomic E-state index is 15.9. The Morgan fingerprint density at radius 2 is 1.79 bits per heavy atom. The normalized spacial score (nSPS) is 14.7. The van der Waals surface area contributed by atoms with Crippen LogP contribution < -0.4 is 10.1 Å². The predicted molar refractivity (Wildman–Crippen MR) is 165 cm³/mol. The zero-order valence-corrected chi connectivity index (χ0v) is 26.2. The number of hydrogen-bond donors (Lipinski definition) is 3. The van der Waals surface area contributed by atoms with E-state index < -0.39 is 68.8 Å². The largest absolute Gasteiger partial charge is 0.481 e. The van der Waals surface area contributed by atoms with Crippen LogP contribution in [0.4, 0.5) is 17.6 Å². The van der Waals surface area contributed by atoms with Crippen molar-refractivity contribution in [1.29, 1.82) is 0 Å². The number of halogens is 5. The second-order valence-corrected chi connectivity index (χ2v) is 12.4. The molecule has 3 N–H and O–H groups in total. The average molecular weight is 669 g/mol. The minimum Gasteiger partial charge on any atom is -0.481 e. The molecular formula is C34H29ClF4N4O4. The van der Waals surface area contributed by atoms with Gasteiger partial charge in [0.1, 0.15) is 28.7 Å². The maximum Gasteiger partial charge on any atom is 0.251 e. The first-order chi connectivity index (χ1) is 22.2. The molecule has 6 rings (SSSR count). The van der Waals surface area contributed by atoms with E-state index in [1.807, 2.05) is 6.07 Å². The molecule has 0 saturated heterocycles. The van der Waals surface area contributed by atoms with E-state index in [0.717, 1.165) is 42.8 Å². The molecule has 0 unspecified atom stereocenters. The lowest BCUT2D eigenvalue weighted by atomic mass is 9.86.